The van der Waals surface area contributed by atoms with Gasteiger partial charge in [0, 0.05) is 6.54 Å². The second-order valence-corrected chi connectivity index (χ2v) is 5.54. The van der Waals surface area contributed by atoms with E-state index in [1.54, 1.807) is 0 Å². The fourth-order valence-electron chi connectivity index (χ4n) is 3.77. The van der Waals surface area contributed by atoms with Crippen LogP contribution in [0.4, 0.5) is 0 Å². The summed E-state index contributed by atoms with van der Waals surface area (Å²) in [7, 11) is 0. The van der Waals surface area contributed by atoms with E-state index in [1.165, 1.54) is 58.3 Å². The van der Waals surface area contributed by atoms with Crippen LogP contribution in [0.2, 0.25) is 0 Å². The van der Waals surface area contributed by atoms with Gasteiger partial charge in [-0.2, -0.15) is 0 Å². The van der Waals surface area contributed by atoms with Crippen molar-refractivity contribution in [3.63, 3.8) is 0 Å². The normalized spacial score (nSPS) is 44.1. The predicted octanol–water partition coefficient (Wildman–Crippen LogP) is 1.38. The molecule has 0 radical (unpaired) electrons. The van der Waals surface area contributed by atoms with E-state index in [-0.39, 0.29) is 0 Å². The van der Waals surface area contributed by atoms with Gasteiger partial charge >= 0.3 is 0 Å². The highest BCUT2D eigenvalue weighted by molar-refractivity contribution is 5.07. The lowest BCUT2D eigenvalue weighted by atomic mass is 9.84. The molecule has 2 heteroatoms. The molecule has 1 aliphatic carbocycles. The first-order valence-corrected chi connectivity index (χ1v) is 6.32. The molecule has 80 valence electrons. The molecule has 1 spiro atoms. The lowest BCUT2D eigenvalue weighted by Crippen LogP contribution is -2.35. The third-order valence-corrected chi connectivity index (χ3v) is 4.71. The summed E-state index contributed by atoms with van der Waals surface area (Å²) in [6.45, 7) is 5.12. The number of hydrogen-bond donors (Lipinski definition) is 2. The lowest BCUT2D eigenvalue weighted by Gasteiger charge is -2.29. The Hall–Kier alpha value is -0.0800. The van der Waals surface area contributed by atoms with Crippen LogP contribution in [0, 0.1) is 17.3 Å². The second kappa shape index (κ2) is 3.49. The highest BCUT2D eigenvalue weighted by Gasteiger charge is 2.56. The van der Waals surface area contributed by atoms with Gasteiger partial charge < -0.3 is 10.6 Å². The molecule has 1 saturated carbocycles. The SMILES string of the molecule is C1CNCC2(C1)CC2C1CCNCC1. The number of nitrogens with one attached hydrogen (secondary N) is 2. The third kappa shape index (κ3) is 1.49. The summed E-state index contributed by atoms with van der Waals surface area (Å²) in [6.07, 6.45) is 7.33. The molecule has 0 amide bonds. The molecule has 3 rings (SSSR count). The number of piperidine rings is 2. The Kier molecular flexibility index (Phi) is 2.29. The quantitative estimate of drug-likeness (QED) is 0.659. The highest BCUT2D eigenvalue weighted by Crippen LogP contribution is 2.61. The second-order valence-electron chi connectivity index (χ2n) is 5.54. The van der Waals surface area contributed by atoms with Crippen LogP contribution >= 0.6 is 0 Å². The van der Waals surface area contributed by atoms with Crippen molar-refractivity contribution in [2.45, 2.75) is 32.1 Å². The van der Waals surface area contributed by atoms with Gasteiger partial charge in [0.1, 0.15) is 0 Å². The first-order valence-electron chi connectivity index (χ1n) is 6.32. The molecule has 2 atom stereocenters. The van der Waals surface area contributed by atoms with Crippen LogP contribution in [0.5, 0.6) is 0 Å². The maximum atomic E-state index is 3.59. The van der Waals surface area contributed by atoms with Crippen LogP contribution in [0.25, 0.3) is 0 Å². The molecule has 0 aromatic heterocycles. The van der Waals surface area contributed by atoms with Crippen LogP contribution in [0.3, 0.4) is 0 Å². The third-order valence-electron chi connectivity index (χ3n) is 4.71. The Morgan fingerprint density at radius 1 is 1.00 bits per heavy atom. The van der Waals surface area contributed by atoms with Gasteiger partial charge in [-0.25, -0.2) is 0 Å². The maximum absolute atomic E-state index is 3.59. The molecule has 0 aromatic rings. The van der Waals surface area contributed by atoms with E-state index < -0.39 is 0 Å². The Bertz CT molecular complexity index is 202. The van der Waals surface area contributed by atoms with Crippen LogP contribution in [0.1, 0.15) is 32.1 Å². The minimum absolute atomic E-state index is 0.764. The standard InChI is InChI=1S/C12H22N2/c1-4-12(9-14-5-1)8-11(12)10-2-6-13-7-3-10/h10-11,13-14H,1-9H2. The van der Waals surface area contributed by atoms with Crippen molar-refractivity contribution >= 4 is 0 Å². The van der Waals surface area contributed by atoms with E-state index in [0.29, 0.717) is 0 Å². The zero-order chi connectivity index (χ0) is 9.43. The Morgan fingerprint density at radius 2 is 1.86 bits per heavy atom. The fourth-order valence-corrected chi connectivity index (χ4v) is 3.77. The predicted molar refractivity (Wildman–Crippen MR) is 58.2 cm³/mol. The smallest absolute Gasteiger partial charge is 0.00107 e. The van der Waals surface area contributed by atoms with Crippen molar-refractivity contribution in [1.29, 1.82) is 0 Å². The van der Waals surface area contributed by atoms with E-state index in [2.05, 4.69) is 10.6 Å². The highest BCUT2D eigenvalue weighted by atomic mass is 14.9. The molecule has 2 unspecified atom stereocenters. The van der Waals surface area contributed by atoms with Gasteiger partial charge in [0.05, 0.1) is 0 Å². The molecule has 2 N–H and O–H groups in total. The molecule has 2 nitrogen and oxygen atoms in total. The van der Waals surface area contributed by atoms with E-state index in [4.69, 9.17) is 0 Å². The lowest BCUT2D eigenvalue weighted by molar-refractivity contribution is 0.251. The summed E-state index contributed by atoms with van der Waals surface area (Å²) in [6, 6.07) is 0. The fraction of sp³-hybridized carbons (Fsp3) is 1.00. The zero-order valence-corrected chi connectivity index (χ0v) is 9.02. The molecule has 2 aliphatic heterocycles. The van der Waals surface area contributed by atoms with Gasteiger partial charge in [0.15, 0.2) is 0 Å². The molecular formula is C12H22N2. The van der Waals surface area contributed by atoms with Crippen LogP contribution in [0.15, 0.2) is 0 Å². The molecule has 3 aliphatic rings. The van der Waals surface area contributed by atoms with E-state index in [0.717, 1.165) is 17.3 Å². The van der Waals surface area contributed by atoms with Gasteiger partial charge in [-0.05, 0) is 69.0 Å². The summed E-state index contributed by atoms with van der Waals surface area (Å²) in [5.41, 5.74) is 0.764. The van der Waals surface area contributed by atoms with Crippen molar-refractivity contribution in [2.75, 3.05) is 26.2 Å². The number of rotatable bonds is 1. The average molecular weight is 194 g/mol. The van der Waals surface area contributed by atoms with Gasteiger partial charge in [-0.15, -0.1) is 0 Å². The molecule has 14 heavy (non-hydrogen) atoms. The topological polar surface area (TPSA) is 24.1 Å². The molecule has 2 heterocycles. The summed E-state index contributed by atoms with van der Waals surface area (Å²) < 4.78 is 0. The molecule has 2 saturated heterocycles. The van der Waals surface area contributed by atoms with Gasteiger partial charge in [0.2, 0.25) is 0 Å². The van der Waals surface area contributed by atoms with Crippen molar-refractivity contribution in [2.24, 2.45) is 17.3 Å². The molecule has 3 fully saturated rings. The zero-order valence-electron chi connectivity index (χ0n) is 9.02. The van der Waals surface area contributed by atoms with Crippen LogP contribution in [-0.4, -0.2) is 26.2 Å². The van der Waals surface area contributed by atoms with Crippen molar-refractivity contribution in [3.8, 4) is 0 Å². The minimum atomic E-state index is 0.764. The first-order chi connectivity index (χ1) is 6.91. The van der Waals surface area contributed by atoms with Gasteiger partial charge in [0.25, 0.3) is 0 Å². The maximum Gasteiger partial charge on any atom is 0.00107 e. The van der Waals surface area contributed by atoms with E-state index in [1.807, 2.05) is 0 Å². The largest absolute Gasteiger partial charge is 0.317 e. The van der Waals surface area contributed by atoms with E-state index >= 15 is 0 Å². The summed E-state index contributed by atoms with van der Waals surface area (Å²) in [4.78, 5) is 0. The Labute approximate surface area is 86.8 Å². The monoisotopic (exact) mass is 194 g/mol. The molecule has 0 bridgehead atoms. The Morgan fingerprint density at radius 3 is 2.57 bits per heavy atom. The van der Waals surface area contributed by atoms with E-state index in [9.17, 15) is 0 Å². The molecule has 0 aromatic carbocycles. The van der Waals surface area contributed by atoms with Gasteiger partial charge in [-0.3, -0.25) is 0 Å². The van der Waals surface area contributed by atoms with Gasteiger partial charge in [-0.1, -0.05) is 0 Å². The minimum Gasteiger partial charge on any atom is -0.317 e. The number of hydrogen-bond acceptors (Lipinski definition) is 2. The summed E-state index contributed by atoms with van der Waals surface area (Å²) in [5, 5.41) is 7.06. The van der Waals surface area contributed by atoms with Crippen LogP contribution < -0.4 is 10.6 Å². The Balaban J connectivity index is 1.59. The van der Waals surface area contributed by atoms with Crippen LogP contribution in [-0.2, 0) is 0 Å². The first kappa shape index (κ1) is 9.17. The summed E-state index contributed by atoms with van der Waals surface area (Å²) >= 11 is 0. The van der Waals surface area contributed by atoms with Crippen molar-refractivity contribution in [1.82, 2.24) is 10.6 Å². The van der Waals surface area contributed by atoms with Crippen molar-refractivity contribution in [3.05, 3.63) is 0 Å². The molecular weight excluding hydrogens is 172 g/mol. The summed E-state index contributed by atoms with van der Waals surface area (Å²) in [5.74, 6) is 2.13. The van der Waals surface area contributed by atoms with Crippen molar-refractivity contribution < 1.29 is 0 Å². The average Bonchev–Trinajstić information content (AvgIpc) is 2.95.